The van der Waals surface area contributed by atoms with Gasteiger partial charge in [-0.25, -0.2) is 0 Å². The number of para-hydroxylation sites is 1. The molecule has 3 aromatic carbocycles. The number of nitro benzene ring substituents is 1. The molecular weight excluding hydrogens is 434 g/mol. The standard InChI is InChI=1S/C26H29N3O5/c1-18(2)34-25-15-20(11-14-24(25)33-4)17-28(3)16-19-9-12-21(13-10-19)27-26(30)22-7-5-6-8-23(22)29(31)32/h5-15,18H,16-17H2,1-4H3,(H,27,30). The number of anilines is 1. The van der Waals surface area contributed by atoms with Gasteiger partial charge in [-0.3, -0.25) is 19.8 Å². The minimum absolute atomic E-state index is 0.0246. The van der Waals surface area contributed by atoms with Gasteiger partial charge in [0.2, 0.25) is 0 Å². The molecule has 3 rings (SSSR count). The highest BCUT2D eigenvalue weighted by Crippen LogP contribution is 2.29. The summed E-state index contributed by atoms with van der Waals surface area (Å²) in [5, 5.41) is 13.9. The molecular formula is C26H29N3O5. The minimum atomic E-state index is -0.561. The molecule has 0 saturated carbocycles. The van der Waals surface area contributed by atoms with E-state index in [9.17, 15) is 14.9 Å². The number of hydrogen-bond donors (Lipinski definition) is 1. The van der Waals surface area contributed by atoms with Crippen molar-refractivity contribution in [3.05, 3.63) is 93.5 Å². The van der Waals surface area contributed by atoms with Crippen LogP contribution in [-0.2, 0) is 13.1 Å². The average Bonchev–Trinajstić information content (AvgIpc) is 2.80. The molecule has 8 heteroatoms. The summed E-state index contributed by atoms with van der Waals surface area (Å²) in [5.41, 5.74) is 2.54. The first-order chi connectivity index (χ1) is 16.3. The van der Waals surface area contributed by atoms with Crippen molar-refractivity contribution in [2.45, 2.75) is 33.0 Å². The Labute approximate surface area is 199 Å². The van der Waals surface area contributed by atoms with Crippen LogP contribution in [0.4, 0.5) is 11.4 Å². The first kappa shape index (κ1) is 24.7. The fourth-order valence-corrected chi connectivity index (χ4v) is 3.56. The Hall–Kier alpha value is -3.91. The zero-order valence-corrected chi connectivity index (χ0v) is 19.8. The van der Waals surface area contributed by atoms with Gasteiger partial charge >= 0.3 is 0 Å². The first-order valence-corrected chi connectivity index (χ1v) is 10.9. The molecule has 0 aromatic heterocycles. The molecule has 3 aromatic rings. The number of carbonyl (C=O) groups excluding carboxylic acids is 1. The van der Waals surface area contributed by atoms with Crippen LogP contribution >= 0.6 is 0 Å². The molecule has 0 aliphatic heterocycles. The Morgan fingerprint density at radius 2 is 1.65 bits per heavy atom. The average molecular weight is 464 g/mol. The van der Waals surface area contributed by atoms with Crippen LogP contribution in [0.15, 0.2) is 66.7 Å². The number of rotatable bonds is 10. The van der Waals surface area contributed by atoms with Crippen molar-refractivity contribution in [2.75, 3.05) is 19.5 Å². The highest BCUT2D eigenvalue weighted by Gasteiger charge is 2.19. The molecule has 0 heterocycles. The molecule has 0 unspecified atom stereocenters. The highest BCUT2D eigenvalue weighted by atomic mass is 16.6. The lowest BCUT2D eigenvalue weighted by atomic mass is 10.1. The molecule has 0 radical (unpaired) electrons. The van der Waals surface area contributed by atoms with Gasteiger partial charge in [0, 0.05) is 24.8 Å². The van der Waals surface area contributed by atoms with E-state index < -0.39 is 10.8 Å². The summed E-state index contributed by atoms with van der Waals surface area (Å²) in [7, 11) is 3.65. The Bertz CT molecular complexity index is 1150. The Balaban J connectivity index is 1.61. The Kier molecular flexibility index (Phi) is 8.21. The van der Waals surface area contributed by atoms with Gasteiger partial charge < -0.3 is 14.8 Å². The number of methoxy groups -OCH3 is 1. The third kappa shape index (κ3) is 6.55. The van der Waals surface area contributed by atoms with Crippen molar-refractivity contribution >= 4 is 17.3 Å². The number of hydrogen-bond acceptors (Lipinski definition) is 6. The normalized spacial score (nSPS) is 10.9. The maximum atomic E-state index is 12.5. The molecule has 34 heavy (non-hydrogen) atoms. The second kappa shape index (κ2) is 11.3. The van der Waals surface area contributed by atoms with E-state index >= 15 is 0 Å². The second-order valence-electron chi connectivity index (χ2n) is 8.25. The molecule has 0 fully saturated rings. The van der Waals surface area contributed by atoms with Crippen LogP contribution in [0.5, 0.6) is 11.5 Å². The maximum Gasteiger partial charge on any atom is 0.282 e. The second-order valence-corrected chi connectivity index (χ2v) is 8.25. The lowest BCUT2D eigenvalue weighted by molar-refractivity contribution is -0.385. The van der Waals surface area contributed by atoms with E-state index in [1.165, 1.54) is 18.2 Å². The van der Waals surface area contributed by atoms with Gasteiger partial charge in [0.05, 0.1) is 18.1 Å². The number of nitrogens with zero attached hydrogens (tertiary/aromatic N) is 2. The fourth-order valence-electron chi connectivity index (χ4n) is 3.56. The number of carbonyl (C=O) groups is 1. The molecule has 0 bridgehead atoms. The molecule has 0 atom stereocenters. The molecule has 0 aliphatic rings. The zero-order chi connectivity index (χ0) is 24.7. The molecule has 8 nitrogen and oxygen atoms in total. The molecule has 0 spiro atoms. The third-order valence-corrected chi connectivity index (χ3v) is 5.05. The third-order valence-electron chi connectivity index (χ3n) is 5.05. The van der Waals surface area contributed by atoms with E-state index in [4.69, 9.17) is 9.47 Å². The van der Waals surface area contributed by atoms with Gasteiger partial charge in [-0.05, 0) is 62.4 Å². The van der Waals surface area contributed by atoms with Gasteiger partial charge in [-0.1, -0.05) is 30.3 Å². The van der Waals surface area contributed by atoms with Crippen LogP contribution in [0, 0.1) is 10.1 Å². The molecule has 0 saturated heterocycles. The summed E-state index contributed by atoms with van der Waals surface area (Å²) in [6.07, 6.45) is 0.0499. The SMILES string of the molecule is COc1ccc(CN(C)Cc2ccc(NC(=O)c3ccccc3[N+](=O)[O-])cc2)cc1OC(C)C. The van der Waals surface area contributed by atoms with Gasteiger partial charge in [-0.2, -0.15) is 0 Å². The van der Waals surface area contributed by atoms with Crippen molar-refractivity contribution in [2.24, 2.45) is 0 Å². The summed E-state index contributed by atoms with van der Waals surface area (Å²) in [6, 6.07) is 19.2. The monoisotopic (exact) mass is 463 g/mol. The quantitative estimate of drug-likeness (QED) is 0.325. The minimum Gasteiger partial charge on any atom is -0.493 e. The molecule has 1 amide bonds. The van der Waals surface area contributed by atoms with E-state index in [1.54, 1.807) is 25.3 Å². The van der Waals surface area contributed by atoms with Crippen LogP contribution in [0.25, 0.3) is 0 Å². The van der Waals surface area contributed by atoms with Crippen molar-refractivity contribution in [3.8, 4) is 11.5 Å². The van der Waals surface area contributed by atoms with Crippen molar-refractivity contribution in [1.29, 1.82) is 0 Å². The number of nitrogens with one attached hydrogen (secondary N) is 1. The number of nitro groups is 1. The fraction of sp³-hybridized carbons (Fsp3) is 0.269. The molecule has 178 valence electrons. The summed E-state index contributed by atoms with van der Waals surface area (Å²) in [6.45, 7) is 5.37. The van der Waals surface area contributed by atoms with Gasteiger partial charge in [0.1, 0.15) is 5.56 Å². The zero-order valence-electron chi connectivity index (χ0n) is 19.8. The lowest BCUT2D eigenvalue weighted by Crippen LogP contribution is -2.17. The van der Waals surface area contributed by atoms with Crippen LogP contribution < -0.4 is 14.8 Å². The maximum absolute atomic E-state index is 12.5. The van der Waals surface area contributed by atoms with Crippen LogP contribution in [0.2, 0.25) is 0 Å². The summed E-state index contributed by atoms with van der Waals surface area (Å²) in [4.78, 5) is 25.3. The van der Waals surface area contributed by atoms with E-state index in [-0.39, 0.29) is 17.4 Å². The molecule has 1 N–H and O–H groups in total. The van der Waals surface area contributed by atoms with Crippen LogP contribution in [0.3, 0.4) is 0 Å². The van der Waals surface area contributed by atoms with Gasteiger partial charge in [0.25, 0.3) is 11.6 Å². The Morgan fingerprint density at radius 1 is 1.00 bits per heavy atom. The van der Waals surface area contributed by atoms with Crippen LogP contribution in [0.1, 0.15) is 35.3 Å². The number of amides is 1. The predicted octanol–water partition coefficient (Wildman–Crippen LogP) is 5.27. The van der Waals surface area contributed by atoms with Crippen molar-refractivity contribution < 1.29 is 19.2 Å². The van der Waals surface area contributed by atoms with Gasteiger partial charge in [0.15, 0.2) is 11.5 Å². The van der Waals surface area contributed by atoms with Crippen LogP contribution in [-0.4, -0.2) is 36.0 Å². The van der Waals surface area contributed by atoms with E-state index in [0.29, 0.717) is 24.5 Å². The number of ether oxygens (including phenoxy) is 2. The topological polar surface area (TPSA) is 93.9 Å². The van der Waals surface area contributed by atoms with E-state index in [2.05, 4.69) is 10.2 Å². The van der Waals surface area contributed by atoms with E-state index in [0.717, 1.165) is 16.9 Å². The molecule has 0 aliphatic carbocycles. The summed E-state index contributed by atoms with van der Waals surface area (Å²) in [5.74, 6) is 0.914. The summed E-state index contributed by atoms with van der Waals surface area (Å²) >= 11 is 0. The van der Waals surface area contributed by atoms with Gasteiger partial charge in [-0.15, -0.1) is 0 Å². The largest absolute Gasteiger partial charge is 0.493 e. The van der Waals surface area contributed by atoms with Crippen molar-refractivity contribution in [3.63, 3.8) is 0 Å². The Morgan fingerprint density at radius 3 is 2.29 bits per heavy atom. The van der Waals surface area contributed by atoms with Crippen molar-refractivity contribution in [1.82, 2.24) is 4.90 Å². The number of benzene rings is 3. The predicted molar refractivity (Wildman–Crippen MR) is 131 cm³/mol. The lowest BCUT2D eigenvalue weighted by Gasteiger charge is -2.19. The first-order valence-electron chi connectivity index (χ1n) is 10.9. The highest BCUT2D eigenvalue weighted by molar-refractivity contribution is 6.07. The van der Waals surface area contributed by atoms with E-state index in [1.807, 2.05) is 51.2 Å². The smallest absolute Gasteiger partial charge is 0.282 e. The summed E-state index contributed by atoms with van der Waals surface area (Å²) < 4.78 is 11.2.